The molecule has 0 radical (unpaired) electrons. The molecule has 0 aliphatic heterocycles. The topological polar surface area (TPSA) is 37.5 Å². The summed E-state index contributed by atoms with van der Waals surface area (Å²) in [5.41, 5.74) is 0.867. The number of aryl methyl sites for hydroxylation is 1. The Morgan fingerprint density at radius 2 is 1.95 bits per heavy atom. The number of fused-ring (bicyclic) bond motifs is 1. The normalized spacial score (nSPS) is 12.0. The molecule has 3 rings (SSSR count). The van der Waals surface area contributed by atoms with Gasteiger partial charge in [0.1, 0.15) is 11.4 Å². The van der Waals surface area contributed by atoms with E-state index in [4.69, 9.17) is 0 Å². The van der Waals surface area contributed by atoms with E-state index >= 15 is 0 Å². The first-order chi connectivity index (χ1) is 10.4. The standard InChI is InChI=1S/C16H13F3N2O/c1-2-13-14(10-5-3-6-11(22)9-10)21-8-4-7-12(15(21)20-13)16(17,18)19/h3-9,22H,2H2,1H3. The summed E-state index contributed by atoms with van der Waals surface area (Å²) in [6.07, 6.45) is -2.42. The number of imidazole rings is 1. The van der Waals surface area contributed by atoms with Crippen molar-refractivity contribution in [2.45, 2.75) is 19.5 Å². The summed E-state index contributed by atoms with van der Waals surface area (Å²) in [5, 5.41) is 9.62. The average Bonchev–Trinajstić information content (AvgIpc) is 2.84. The quantitative estimate of drug-likeness (QED) is 0.767. The van der Waals surface area contributed by atoms with E-state index < -0.39 is 11.7 Å². The Kier molecular flexibility index (Phi) is 3.31. The van der Waals surface area contributed by atoms with E-state index in [1.807, 2.05) is 6.92 Å². The van der Waals surface area contributed by atoms with Gasteiger partial charge >= 0.3 is 6.18 Å². The minimum absolute atomic E-state index is 0.0569. The second kappa shape index (κ2) is 5.05. The first-order valence-corrected chi connectivity index (χ1v) is 6.78. The number of phenols is 1. The first-order valence-electron chi connectivity index (χ1n) is 6.78. The summed E-state index contributed by atoms with van der Waals surface area (Å²) >= 11 is 0. The number of hydrogen-bond acceptors (Lipinski definition) is 2. The van der Waals surface area contributed by atoms with Crippen molar-refractivity contribution in [2.75, 3.05) is 0 Å². The fourth-order valence-electron chi connectivity index (χ4n) is 2.54. The summed E-state index contributed by atoms with van der Waals surface area (Å²) in [5.74, 6) is 0.0569. The van der Waals surface area contributed by atoms with Gasteiger partial charge in [-0.3, -0.25) is 4.40 Å². The number of nitrogens with zero attached hydrogens (tertiary/aromatic N) is 2. The van der Waals surface area contributed by atoms with Crippen molar-refractivity contribution in [3.05, 3.63) is 53.9 Å². The lowest BCUT2D eigenvalue weighted by Gasteiger charge is -2.09. The molecule has 6 heteroatoms. The number of aromatic nitrogens is 2. The van der Waals surface area contributed by atoms with E-state index in [1.54, 1.807) is 18.3 Å². The van der Waals surface area contributed by atoms with Crippen LogP contribution in [0.3, 0.4) is 0 Å². The zero-order valence-electron chi connectivity index (χ0n) is 11.7. The highest BCUT2D eigenvalue weighted by molar-refractivity contribution is 5.70. The highest BCUT2D eigenvalue weighted by Gasteiger charge is 2.34. The third-order valence-corrected chi connectivity index (χ3v) is 3.48. The minimum atomic E-state index is -4.46. The molecule has 0 aliphatic carbocycles. The van der Waals surface area contributed by atoms with E-state index in [0.29, 0.717) is 23.4 Å². The molecule has 0 aliphatic rings. The molecule has 2 aromatic heterocycles. The van der Waals surface area contributed by atoms with E-state index in [1.165, 1.54) is 22.6 Å². The average molecular weight is 306 g/mol. The number of alkyl halides is 3. The second-order valence-electron chi connectivity index (χ2n) is 4.92. The largest absolute Gasteiger partial charge is 0.508 e. The van der Waals surface area contributed by atoms with Gasteiger partial charge in [-0.2, -0.15) is 13.2 Å². The maximum atomic E-state index is 13.1. The van der Waals surface area contributed by atoms with Crippen LogP contribution in [0.2, 0.25) is 0 Å². The lowest BCUT2D eigenvalue weighted by molar-refractivity contribution is -0.136. The Morgan fingerprint density at radius 3 is 2.59 bits per heavy atom. The Morgan fingerprint density at radius 1 is 1.18 bits per heavy atom. The van der Waals surface area contributed by atoms with Crippen LogP contribution in [0.1, 0.15) is 18.2 Å². The third kappa shape index (κ3) is 2.30. The van der Waals surface area contributed by atoms with Crippen LogP contribution < -0.4 is 0 Å². The lowest BCUT2D eigenvalue weighted by atomic mass is 10.1. The molecule has 2 heterocycles. The number of rotatable bonds is 2. The monoisotopic (exact) mass is 306 g/mol. The summed E-state index contributed by atoms with van der Waals surface area (Å²) in [6.45, 7) is 1.83. The summed E-state index contributed by atoms with van der Waals surface area (Å²) in [6, 6.07) is 8.79. The predicted molar refractivity (Wildman–Crippen MR) is 76.7 cm³/mol. The molecule has 1 N–H and O–H groups in total. The highest BCUT2D eigenvalue weighted by atomic mass is 19.4. The third-order valence-electron chi connectivity index (χ3n) is 3.48. The molecule has 114 valence electrons. The Labute approximate surface area is 124 Å². The SMILES string of the molecule is CCc1nc2c(C(F)(F)F)cccn2c1-c1cccc(O)c1. The van der Waals surface area contributed by atoms with Gasteiger partial charge in [-0.05, 0) is 30.7 Å². The molecule has 0 saturated carbocycles. The molecule has 0 spiro atoms. The smallest absolute Gasteiger partial charge is 0.419 e. The van der Waals surface area contributed by atoms with Gasteiger partial charge in [-0.1, -0.05) is 19.1 Å². The predicted octanol–water partition coefficient (Wildman–Crippen LogP) is 4.29. The van der Waals surface area contributed by atoms with Crippen LogP contribution in [0.25, 0.3) is 16.9 Å². The highest BCUT2D eigenvalue weighted by Crippen LogP contribution is 2.35. The lowest BCUT2D eigenvalue weighted by Crippen LogP contribution is -2.07. The van der Waals surface area contributed by atoms with Gasteiger partial charge in [0.25, 0.3) is 0 Å². The van der Waals surface area contributed by atoms with Crippen LogP contribution in [0.5, 0.6) is 5.75 Å². The molecule has 1 aromatic carbocycles. The number of hydrogen-bond donors (Lipinski definition) is 1. The van der Waals surface area contributed by atoms with Crippen molar-refractivity contribution in [1.82, 2.24) is 9.38 Å². The van der Waals surface area contributed by atoms with Crippen LogP contribution in [0, 0.1) is 0 Å². The summed E-state index contributed by atoms with van der Waals surface area (Å²) < 4.78 is 40.8. The number of benzene rings is 1. The van der Waals surface area contributed by atoms with Crippen molar-refractivity contribution in [2.24, 2.45) is 0 Å². The van der Waals surface area contributed by atoms with Crippen LogP contribution in [0.4, 0.5) is 13.2 Å². The van der Waals surface area contributed by atoms with Gasteiger partial charge in [0, 0.05) is 11.8 Å². The molecule has 0 fully saturated rings. The number of pyridine rings is 1. The van der Waals surface area contributed by atoms with Crippen LogP contribution in [-0.2, 0) is 12.6 Å². The molecule has 22 heavy (non-hydrogen) atoms. The van der Waals surface area contributed by atoms with E-state index in [9.17, 15) is 18.3 Å². The molecule has 0 atom stereocenters. The van der Waals surface area contributed by atoms with Crippen LogP contribution in [0.15, 0.2) is 42.6 Å². The summed E-state index contributed by atoms with van der Waals surface area (Å²) in [4.78, 5) is 4.16. The van der Waals surface area contributed by atoms with Crippen LogP contribution in [-0.4, -0.2) is 14.5 Å². The first kappa shape index (κ1) is 14.4. The van der Waals surface area contributed by atoms with Gasteiger partial charge in [0.2, 0.25) is 0 Å². The Hall–Kier alpha value is -2.50. The van der Waals surface area contributed by atoms with Crippen molar-refractivity contribution in [3.8, 4) is 17.0 Å². The van der Waals surface area contributed by atoms with Crippen LogP contribution >= 0.6 is 0 Å². The zero-order valence-corrected chi connectivity index (χ0v) is 11.7. The maximum absolute atomic E-state index is 13.1. The number of aromatic hydroxyl groups is 1. The van der Waals surface area contributed by atoms with E-state index in [0.717, 1.165) is 6.07 Å². The number of phenolic OH excluding ortho intramolecular Hbond substituents is 1. The van der Waals surface area contributed by atoms with Crippen molar-refractivity contribution >= 4 is 5.65 Å². The molecule has 3 nitrogen and oxygen atoms in total. The molecule has 0 unspecified atom stereocenters. The minimum Gasteiger partial charge on any atom is -0.508 e. The molecule has 0 amide bonds. The van der Waals surface area contributed by atoms with Gasteiger partial charge in [-0.15, -0.1) is 0 Å². The van der Waals surface area contributed by atoms with Gasteiger partial charge in [0.15, 0.2) is 0 Å². The Balaban J connectivity index is 2.35. The Bertz CT molecular complexity index is 837. The zero-order chi connectivity index (χ0) is 15.9. The van der Waals surface area contributed by atoms with Gasteiger partial charge < -0.3 is 5.11 Å². The fourth-order valence-corrected chi connectivity index (χ4v) is 2.54. The fraction of sp³-hybridized carbons (Fsp3) is 0.188. The van der Waals surface area contributed by atoms with E-state index in [-0.39, 0.29) is 11.4 Å². The molecular formula is C16H13F3N2O. The van der Waals surface area contributed by atoms with Crippen molar-refractivity contribution in [1.29, 1.82) is 0 Å². The summed E-state index contributed by atoms with van der Waals surface area (Å²) in [7, 11) is 0. The second-order valence-corrected chi connectivity index (χ2v) is 4.92. The van der Waals surface area contributed by atoms with Gasteiger partial charge in [0.05, 0.1) is 17.0 Å². The van der Waals surface area contributed by atoms with E-state index in [2.05, 4.69) is 4.98 Å². The molecule has 3 aromatic rings. The molecule has 0 bridgehead atoms. The molecule has 0 saturated heterocycles. The van der Waals surface area contributed by atoms with Gasteiger partial charge in [-0.25, -0.2) is 4.98 Å². The van der Waals surface area contributed by atoms with Crippen molar-refractivity contribution in [3.63, 3.8) is 0 Å². The van der Waals surface area contributed by atoms with Crippen molar-refractivity contribution < 1.29 is 18.3 Å². The number of halogens is 3. The molecular weight excluding hydrogens is 293 g/mol. The maximum Gasteiger partial charge on any atom is 0.419 e.